The Kier molecular flexibility index (Phi) is 3.84. The standard InChI is InChI=1S/C18H25NO/c1-4-12-15(11-16(12)19-6-3)18-13(5-2)14-9-7-8-10-17(14)20-18/h7-10,12,15-16,19H,4-6,11H2,1-3H3. The molecule has 108 valence electrons. The van der Waals surface area contributed by atoms with Gasteiger partial charge in [0.15, 0.2) is 0 Å². The Morgan fingerprint density at radius 2 is 2.00 bits per heavy atom. The Morgan fingerprint density at radius 1 is 1.20 bits per heavy atom. The topological polar surface area (TPSA) is 25.2 Å². The maximum Gasteiger partial charge on any atom is 0.134 e. The van der Waals surface area contributed by atoms with E-state index in [0.717, 1.165) is 24.5 Å². The van der Waals surface area contributed by atoms with Crippen molar-refractivity contribution in [1.29, 1.82) is 0 Å². The van der Waals surface area contributed by atoms with E-state index >= 15 is 0 Å². The summed E-state index contributed by atoms with van der Waals surface area (Å²) in [5.41, 5.74) is 2.49. The first-order valence-corrected chi connectivity index (χ1v) is 8.03. The van der Waals surface area contributed by atoms with Gasteiger partial charge in [-0.3, -0.25) is 0 Å². The molecule has 0 saturated heterocycles. The van der Waals surface area contributed by atoms with Crippen LogP contribution in [-0.2, 0) is 6.42 Å². The molecule has 2 aromatic rings. The van der Waals surface area contributed by atoms with Crippen LogP contribution in [0.4, 0.5) is 0 Å². The van der Waals surface area contributed by atoms with Crippen molar-refractivity contribution in [3.63, 3.8) is 0 Å². The maximum absolute atomic E-state index is 6.22. The molecule has 3 rings (SSSR count). The zero-order chi connectivity index (χ0) is 14.1. The van der Waals surface area contributed by atoms with Gasteiger partial charge in [-0.2, -0.15) is 0 Å². The second-order valence-corrected chi connectivity index (χ2v) is 5.87. The molecular weight excluding hydrogens is 246 g/mol. The molecule has 1 aliphatic rings. The summed E-state index contributed by atoms with van der Waals surface area (Å²) < 4.78 is 6.22. The van der Waals surface area contributed by atoms with Crippen molar-refractivity contribution in [3.05, 3.63) is 35.6 Å². The molecule has 0 spiro atoms. The molecule has 1 fully saturated rings. The van der Waals surface area contributed by atoms with E-state index in [1.54, 1.807) is 0 Å². The van der Waals surface area contributed by atoms with Crippen molar-refractivity contribution in [2.24, 2.45) is 5.92 Å². The number of para-hydroxylation sites is 1. The van der Waals surface area contributed by atoms with Gasteiger partial charge in [0.2, 0.25) is 0 Å². The van der Waals surface area contributed by atoms with E-state index in [0.29, 0.717) is 12.0 Å². The van der Waals surface area contributed by atoms with Crippen LogP contribution in [0.5, 0.6) is 0 Å². The number of nitrogens with one attached hydrogen (secondary N) is 1. The van der Waals surface area contributed by atoms with E-state index in [-0.39, 0.29) is 0 Å². The van der Waals surface area contributed by atoms with Gasteiger partial charge >= 0.3 is 0 Å². The fourth-order valence-electron chi connectivity index (χ4n) is 3.86. The van der Waals surface area contributed by atoms with Crippen molar-refractivity contribution in [3.8, 4) is 0 Å². The highest BCUT2D eigenvalue weighted by atomic mass is 16.3. The van der Waals surface area contributed by atoms with Crippen molar-refractivity contribution in [2.75, 3.05) is 6.54 Å². The lowest BCUT2D eigenvalue weighted by atomic mass is 9.66. The number of hydrogen-bond acceptors (Lipinski definition) is 2. The van der Waals surface area contributed by atoms with Gasteiger partial charge < -0.3 is 9.73 Å². The van der Waals surface area contributed by atoms with Crippen LogP contribution in [-0.4, -0.2) is 12.6 Å². The minimum absolute atomic E-state index is 0.603. The fourth-order valence-corrected chi connectivity index (χ4v) is 3.86. The zero-order valence-electron chi connectivity index (χ0n) is 12.8. The Balaban J connectivity index is 1.94. The Hall–Kier alpha value is -1.28. The molecule has 20 heavy (non-hydrogen) atoms. The third-order valence-electron chi connectivity index (χ3n) is 4.90. The molecule has 1 aromatic heterocycles. The smallest absolute Gasteiger partial charge is 0.134 e. The number of aryl methyl sites for hydroxylation is 1. The van der Waals surface area contributed by atoms with Crippen molar-refractivity contribution >= 4 is 11.0 Å². The highest BCUT2D eigenvalue weighted by Gasteiger charge is 2.42. The van der Waals surface area contributed by atoms with Gasteiger partial charge in [-0.25, -0.2) is 0 Å². The third kappa shape index (κ3) is 2.07. The minimum atomic E-state index is 0.603. The molecule has 3 atom stereocenters. The van der Waals surface area contributed by atoms with Crippen LogP contribution in [0.15, 0.2) is 28.7 Å². The van der Waals surface area contributed by atoms with Crippen molar-refractivity contribution in [1.82, 2.24) is 5.32 Å². The second-order valence-electron chi connectivity index (χ2n) is 5.87. The van der Waals surface area contributed by atoms with Gasteiger partial charge in [0.1, 0.15) is 11.3 Å². The highest BCUT2D eigenvalue weighted by Crippen LogP contribution is 2.47. The molecule has 1 aromatic carbocycles. The van der Waals surface area contributed by atoms with Crippen LogP contribution in [0.25, 0.3) is 11.0 Å². The van der Waals surface area contributed by atoms with Gasteiger partial charge in [0.25, 0.3) is 0 Å². The molecule has 1 aliphatic carbocycles. The number of benzene rings is 1. The molecule has 0 radical (unpaired) electrons. The summed E-state index contributed by atoms with van der Waals surface area (Å²) in [5.74, 6) is 2.59. The fraction of sp³-hybridized carbons (Fsp3) is 0.556. The Bertz CT molecular complexity index is 586. The van der Waals surface area contributed by atoms with E-state index < -0.39 is 0 Å². The van der Waals surface area contributed by atoms with Crippen molar-refractivity contribution < 1.29 is 4.42 Å². The first kappa shape index (κ1) is 13.7. The van der Waals surface area contributed by atoms with E-state index in [1.165, 1.54) is 29.6 Å². The number of furan rings is 1. The number of fused-ring (bicyclic) bond motifs is 1. The summed E-state index contributed by atoms with van der Waals surface area (Å²) in [6, 6.07) is 9.14. The lowest BCUT2D eigenvalue weighted by Crippen LogP contribution is -2.48. The third-order valence-corrected chi connectivity index (χ3v) is 4.90. The first-order valence-electron chi connectivity index (χ1n) is 8.03. The summed E-state index contributed by atoms with van der Waals surface area (Å²) in [6.45, 7) is 7.80. The quantitative estimate of drug-likeness (QED) is 0.867. The monoisotopic (exact) mass is 271 g/mol. The highest BCUT2D eigenvalue weighted by molar-refractivity contribution is 5.82. The number of rotatable bonds is 5. The minimum Gasteiger partial charge on any atom is -0.460 e. The molecule has 1 saturated carbocycles. The van der Waals surface area contributed by atoms with E-state index in [4.69, 9.17) is 4.42 Å². The lowest BCUT2D eigenvalue weighted by molar-refractivity contribution is 0.144. The van der Waals surface area contributed by atoms with E-state index in [9.17, 15) is 0 Å². The summed E-state index contributed by atoms with van der Waals surface area (Å²) in [7, 11) is 0. The molecule has 0 aliphatic heterocycles. The van der Waals surface area contributed by atoms with Crippen LogP contribution in [0.3, 0.4) is 0 Å². The molecule has 2 nitrogen and oxygen atoms in total. The van der Waals surface area contributed by atoms with Gasteiger partial charge in [-0.1, -0.05) is 45.4 Å². The molecular formula is C18H25NO. The summed E-state index contributed by atoms with van der Waals surface area (Å²) in [6.07, 6.45) is 3.51. The van der Waals surface area contributed by atoms with Crippen LogP contribution >= 0.6 is 0 Å². The van der Waals surface area contributed by atoms with E-state index in [2.05, 4.69) is 50.4 Å². The summed E-state index contributed by atoms with van der Waals surface area (Å²) >= 11 is 0. The van der Waals surface area contributed by atoms with Gasteiger partial charge in [-0.05, 0) is 31.4 Å². The average molecular weight is 271 g/mol. The molecule has 0 amide bonds. The van der Waals surface area contributed by atoms with Gasteiger partial charge in [-0.15, -0.1) is 0 Å². The molecule has 2 heteroatoms. The van der Waals surface area contributed by atoms with Crippen LogP contribution in [0.2, 0.25) is 0 Å². The SMILES string of the molecule is CCNC1CC(c2oc3ccccc3c2CC)C1CC. The average Bonchev–Trinajstić information content (AvgIpc) is 2.81. The van der Waals surface area contributed by atoms with Crippen LogP contribution in [0.1, 0.15) is 50.9 Å². The molecule has 1 heterocycles. The second kappa shape index (κ2) is 5.61. The lowest BCUT2D eigenvalue weighted by Gasteiger charge is -2.44. The van der Waals surface area contributed by atoms with Crippen LogP contribution < -0.4 is 5.32 Å². The number of hydrogen-bond donors (Lipinski definition) is 1. The summed E-state index contributed by atoms with van der Waals surface area (Å²) in [5, 5.41) is 4.92. The normalized spacial score (nSPS) is 25.9. The van der Waals surface area contributed by atoms with Crippen LogP contribution in [0, 0.1) is 5.92 Å². The first-order chi connectivity index (χ1) is 9.80. The van der Waals surface area contributed by atoms with Gasteiger partial charge in [0, 0.05) is 22.9 Å². The van der Waals surface area contributed by atoms with E-state index in [1.807, 2.05) is 0 Å². The Morgan fingerprint density at radius 3 is 2.70 bits per heavy atom. The predicted molar refractivity (Wildman–Crippen MR) is 84.2 cm³/mol. The Labute approximate surface area is 121 Å². The predicted octanol–water partition coefficient (Wildman–Crippen LogP) is 4.49. The van der Waals surface area contributed by atoms with Gasteiger partial charge in [0.05, 0.1) is 0 Å². The van der Waals surface area contributed by atoms with Crippen molar-refractivity contribution in [2.45, 2.75) is 52.0 Å². The largest absolute Gasteiger partial charge is 0.460 e. The zero-order valence-corrected chi connectivity index (χ0v) is 12.8. The molecule has 0 bridgehead atoms. The molecule has 3 unspecified atom stereocenters. The summed E-state index contributed by atoms with van der Waals surface area (Å²) in [4.78, 5) is 0. The molecule has 1 N–H and O–H groups in total. The maximum atomic E-state index is 6.22.